The van der Waals surface area contributed by atoms with Gasteiger partial charge < -0.3 is 0 Å². The van der Waals surface area contributed by atoms with Crippen LogP contribution in [-0.4, -0.2) is 0 Å². The molecule has 0 radical (unpaired) electrons. The maximum absolute atomic E-state index is 2.41. The molecule has 0 bridgehead atoms. The third kappa shape index (κ3) is 4.36. The molecule has 4 aromatic rings. The first-order valence-corrected chi connectivity index (χ1v) is 13.6. The predicted octanol–water partition coefficient (Wildman–Crippen LogP) is 10.8. The largest absolute Gasteiger partial charge is 0.0725 e. The van der Waals surface area contributed by atoms with Gasteiger partial charge in [-0.2, -0.15) is 0 Å². The summed E-state index contributed by atoms with van der Waals surface area (Å²) in [5, 5.41) is 0. The molecule has 35 heavy (non-hydrogen) atoms. The van der Waals surface area contributed by atoms with Crippen LogP contribution in [0, 0.1) is 13.8 Å². The average molecular weight is 465 g/mol. The molecule has 0 atom stereocenters. The van der Waals surface area contributed by atoms with Crippen molar-refractivity contribution in [2.24, 2.45) is 0 Å². The van der Waals surface area contributed by atoms with Gasteiger partial charge in [0, 0.05) is 0 Å². The molecule has 0 heteroatoms. The Morgan fingerprint density at radius 3 is 1.06 bits per heavy atom. The number of benzene rings is 4. The lowest BCUT2D eigenvalue weighted by atomic mass is 9.70. The molecular formula is C35H44. The first-order valence-electron chi connectivity index (χ1n) is 13.6. The molecule has 4 aromatic carbocycles. The average Bonchev–Trinajstić information content (AvgIpc) is 3.39. The fourth-order valence-corrected chi connectivity index (χ4v) is 5.37. The normalized spacial score (nSPS) is 11.9. The summed E-state index contributed by atoms with van der Waals surface area (Å²) in [6.45, 7) is 20.4. The summed E-state index contributed by atoms with van der Waals surface area (Å²) < 4.78 is 0. The zero-order valence-corrected chi connectivity index (χ0v) is 23.6. The Morgan fingerprint density at radius 1 is 0.371 bits per heavy atom. The third-order valence-electron chi connectivity index (χ3n) is 6.40. The van der Waals surface area contributed by atoms with Crippen molar-refractivity contribution in [1.29, 1.82) is 0 Å². The molecule has 0 aliphatic heterocycles. The van der Waals surface area contributed by atoms with Gasteiger partial charge in [0.2, 0.25) is 0 Å². The Labute approximate surface area is 215 Å². The molecule has 0 unspecified atom stereocenters. The highest BCUT2D eigenvalue weighted by atomic mass is 14.5. The van der Waals surface area contributed by atoms with Crippen molar-refractivity contribution in [2.45, 2.75) is 74.7 Å². The Balaban J connectivity index is 0.000000495. The maximum atomic E-state index is 2.41. The van der Waals surface area contributed by atoms with Crippen LogP contribution < -0.4 is 0 Å². The number of hydrogen-bond donors (Lipinski definition) is 0. The summed E-state index contributed by atoms with van der Waals surface area (Å²) in [7, 11) is 0. The lowest BCUT2D eigenvalue weighted by Crippen LogP contribution is -2.26. The van der Waals surface area contributed by atoms with E-state index in [-0.39, 0.29) is 5.41 Å². The van der Waals surface area contributed by atoms with Crippen LogP contribution in [0.5, 0.6) is 0 Å². The van der Waals surface area contributed by atoms with Gasteiger partial charge in [-0.15, -0.1) is 0 Å². The monoisotopic (exact) mass is 464 g/mol. The molecular weight excluding hydrogens is 420 g/mol. The van der Waals surface area contributed by atoms with Gasteiger partial charge in [0.05, 0.1) is 5.41 Å². The maximum Gasteiger partial charge on any atom is 0.0725 e. The van der Waals surface area contributed by atoms with E-state index < -0.39 is 0 Å². The van der Waals surface area contributed by atoms with Crippen LogP contribution >= 0.6 is 0 Å². The number of rotatable bonds is 0. The Kier molecular flexibility index (Phi) is 10.1. The van der Waals surface area contributed by atoms with Crippen LogP contribution in [0.2, 0.25) is 0 Å². The van der Waals surface area contributed by atoms with Crippen LogP contribution in [-0.2, 0) is 5.41 Å². The van der Waals surface area contributed by atoms with Crippen LogP contribution in [0.3, 0.4) is 0 Å². The zero-order valence-electron chi connectivity index (χ0n) is 23.6. The van der Waals surface area contributed by atoms with Gasteiger partial charge in [-0.1, -0.05) is 151 Å². The molecule has 0 amide bonds. The molecule has 0 aromatic heterocycles. The van der Waals surface area contributed by atoms with Gasteiger partial charge >= 0.3 is 0 Å². The standard InChI is InChI=1S/C27H20.4C2H6/c1-17-11-13-21-22-14-12-18(2)16-26(22)27(25(21)15-17)23-9-5-3-7-19(23)20-8-4-6-10-24(20)27;4*1-2/h3-16H,1-2H3;4*1-2H3. The first kappa shape index (κ1) is 28.1. The summed E-state index contributed by atoms with van der Waals surface area (Å²) in [5.41, 5.74) is 13.6. The minimum atomic E-state index is -0.199. The third-order valence-corrected chi connectivity index (χ3v) is 6.40. The van der Waals surface area contributed by atoms with Crippen molar-refractivity contribution >= 4 is 0 Å². The van der Waals surface area contributed by atoms with E-state index in [4.69, 9.17) is 0 Å². The van der Waals surface area contributed by atoms with Crippen molar-refractivity contribution in [3.05, 3.63) is 118 Å². The second-order valence-corrected chi connectivity index (χ2v) is 7.94. The highest BCUT2D eigenvalue weighted by Gasteiger charge is 2.51. The fourth-order valence-electron chi connectivity index (χ4n) is 5.37. The molecule has 0 fully saturated rings. The molecule has 2 aliphatic carbocycles. The molecule has 0 nitrogen and oxygen atoms in total. The quantitative estimate of drug-likeness (QED) is 0.210. The number of hydrogen-bond acceptors (Lipinski definition) is 0. The van der Waals surface area contributed by atoms with Crippen molar-refractivity contribution in [3.8, 4) is 22.3 Å². The van der Waals surface area contributed by atoms with E-state index in [1.54, 1.807) is 0 Å². The zero-order chi connectivity index (χ0) is 26.2. The highest BCUT2D eigenvalue weighted by Crippen LogP contribution is 2.62. The van der Waals surface area contributed by atoms with Crippen LogP contribution in [0.1, 0.15) is 88.8 Å². The van der Waals surface area contributed by atoms with Crippen LogP contribution in [0.15, 0.2) is 84.9 Å². The SMILES string of the molecule is CC.CC.CC.CC.Cc1ccc2c(c1)C1(c3ccccc3-c3ccccc31)c1cc(C)ccc1-2. The van der Waals surface area contributed by atoms with Crippen molar-refractivity contribution in [2.75, 3.05) is 0 Å². The summed E-state index contributed by atoms with van der Waals surface area (Å²) in [6, 6.07) is 31.9. The molecule has 0 heterocycles. The smallest absolute Gasteiger partial charge is 0.0683 e. The summed E-state index contributed by atoms with van der Waals surface area (Å²) in [4.78, 5) is 0. The van der Waals surface area contributed by atoms with Gasteiger partial charge in [0.15, 0.2) is 0 Å². The van der Waals surface area contributed by atoms with Gasteiger partial charge in [0.1, 0.15) is 0 Å². The fraction of sp³-hybridized carbons (Fsp3) is 0.314. The molecule has 0 saturated carbocycles. The lowest BCUT2D eigenvalue weighted by molar-refractivity contribution is 0.791. The Morgan fingerprint density at radius 2 is 0.686 bits per heavy atom. The Bertz CT molecular complexity index is 1140. The summed E-state index contributed by atoms with van der Waals surface area (Å²) in [6.07, 6.45) is 0. The minimum Gasteiger partial charge on any atom is -0.0683 e. The van der Waals surface area contributed by atoms with Crippen molar-refractivity contribution in [3.63, 3.8) is 0 Å². The van der Waals surface area contributed by atoms with Crippen molar-refractivity contribution in [1.82, 2.24) is 0 Å². The Hall–Kier alpha value is -3.12. The van der Waals surface area contributed by atoms with E-state index in [2.05, 4.69) is 98.8 Å². The second kappa shape index (κ2) is 12.5. The van der Waals surface area contributed by atoms with Gasteiger partial charge in [-0.3, -0.25) is 0 Å². The second-order valence-electron chi connectivity index (χ2n) is 7.94. The highest BCUT2D eigenvalue weighted by molar-refractivity contribution is 5.95. The van der Waals surface area contributed by atoms with Gasteiger partial charge in [0.25, 0.3) is 0 Å². The number of fused-ring (bicyclic) bond motifs is 10. The van der Waals surface area contributed by atoms with E-state index in [0.29, 0.717) is 0 Å². The van der Waals surface area contributed by atoms with Crippen LogP contribution in [0.4, 0.5) is 0 Å². The topological polar surface area (TPSA) is 0 Å². The van der Waals surface area contributed by atoms with Gasteiger partial charge in [-0.25, -0.2) is 0 Å². The summed E-state index contributed by atoms with van der Waals surface area (Å²) >= 11 is 0. The van der Waals surface area contributed by atoms with E-state index >= 15 is 0 Å². The van der Waals surface area contributed by atoms with E-state index in [1.165, 1.54) is 55.6 Å². The predicted molar refractivity (Wildman–Crippen MR) is 158 cm³/mol. The molecule has 184 valence electrons. The van der Waals surface area contributed by atoms with Gasteiger partial charge in [-0.05, 0) is 58.4 Å². The van der Waals surface area contributed by atoms with Crippen LogP contribution in [0.25, 0.3) is 22.3 Å². The molecule has 0 saturated heterocycles. The minimum absolute atomic E-state index is 0.199. The van der Waals surface area contributed by atoms with Crippen molar-refractivity contribution < 1.29 is 0 Å². The molecule has 0 N–H and O–H groups in total. The van der Waals surface area contributed by atoms with E-state index in [0.717, 1.165) is 0 Å². The molecule has 2 aliphatic rings. The molecule has 1 spiro atoms. The summed E-state index contributed by atoms with van der Waals surface area (Å²) in [5.74, 6) is 0. The number of aryl methyl sites for hydroxylation is 2. The van der Waals surface area contributed by atoms with E-state index in [9.17, 15) is 0 Å². The lowest BCUT2D eigenvalue weighted by Gasteiger charge is -2.30. The first-order chi connectivity index (χ1) is 17.2. The van der Waals surface area contributed by atoms with E-state index in [1.807, 2.05) is 55.4 Å². The molecule has 6 rings (SSSR count).